The van der Waals surface area contributed by atoms with Gasteiger partial charge in [-0.2, -0.15) is 0 Å². The average Bonchev–Trinajstić information content (AvgIpc) is 3.34. The molecule has 1 fully saturated rings. The van der Waals surface area contributed by atoms with E-state index in [-0.39, 0.29) is 10.8 Å². The Bertz CT molecular complexity index is 1030. The van der Waals surface area contributed by atoms with Crippen LogP contribution in [0.1, 0.15) is 32.6 Å². The number of rotatable bonds is 8. The first kappa shape index (κ1) is 24.1. The van der Waals surface area contributed by atoms with Crippen LogP contribution in [0.25, 0.3) is 0 Å². The molecule has 1 heterocycles. The molecule has 3 rings (SSSR count). The monoisotopic (exact) mass is 480 g/mol. The Morgan fingerprint density at radius 1 is 1.19 bits per heavy atom. The molecule has 0 unspecified atom stereocenters. The summed E-state index contributed by atoms with van der Waals surface area (Å²) in [6.07, 6.45) is 2.73. The Morgan fingerprint density at radius 2 is 1.84 bits per heavy atom. The molecule has 0 bridgehead atoms. The number of carbonyl (C=O) groups excluding carboxylic acids is 2. The number of nitrogens with one attached hydrogen (secondary N) is 1. The van der Waals surface area contributed by atoms with Crippen LogP contribution in [0.5, 0.6) is 5.75 Å². The van der Waals surface area contributed by atoms with E-state index in [1.54, 1.807) is 41.8 Å². The molecule has 1 amide bonds. The highest BCUT2D eigenvalue weighted by Gasteiger charge is 2.43. The van der Waals surface area contributed by atoms with Gasteiger partial charge < -0.3 is 14.8 Å². The zero-order valence-corrected chi connectivity index (χ0v) is 20.0. The van der Waals surface area contributed by atoms with Gasteiger partial charge in [-0.3, -0.25) is 9.10 Å². The predicted octanol–water partition coefficient (Wildman–Crippen LogP) is 3.19. The van der Waals surface area contributed by atoms with Gasteiger partial charge in [0.05, 0.1) is 12.8 Å². The number of amides is 1. The Labute approximate surface area is 192 Å². The van der Waals surface area contributed by atoms with Gasteiger partial charge in [-0.15, -0.1) is 11.3 Å². The zero-order valence-electron chi connectivity index (χ0n) is 18.4. The van der Waals surface area contributed by atoms with Crippen molar-refractivity contribution >= 4 is 38.9 Å². The second-order valence-corrected chi connectivity index (χ2v) is 11.1. The SMILES string of the molecule is COC(=O)C1(NC(=O)COc2ccc(N(C)S(=O)(=O)c3cccs3)cc2)CCC(C)CC1. The number of methoxy groups -OCH3 is 1. The molecule has 0 spiro atoms. The van der Waals surface area contributed by atoms with Gasteiger partial charge in [0.1, 0.15) is 15.5 Å². The number of anilines is 1. The molecule has 0 atom stereocenters. The highest BCUT2D eigenvalue weighted by atomic mass is 32.2. The average molecular weight is 481 g/mol. The van der Waals surface area contributed by atoms with E-state index in [2.05, 4.69) is 12.2 Å². The van der Waals surface area contributed by atoms with E-state index in [0.29, 0.717) is 30.2 Å². The number of hydrogen-bond acceptors (Lipinski definition) is 7. The fraction of sp³-hybridized carbons (Fsp3) is 0.455. The number of thiophene rings is 1. The van der Waals surface area contributed by atoms with Gasteiger partial charge in [0.25, 0.3) is 15.9 Å². The molecule has 8 nitrogen and oxygen atoms in total. The van der Waals surface area contributed by atoms with Crippen LogP contribution >= 0.6 is 11.3 Å². The Morgan fingerprint density at radius 3 is 2.41 bits per heavy atom. The third-order valence-electron chi connectivity index (χ3n) is 5.76. The fourth-order valence-electron chi connectivity index (χ4n) is 3.72. The summed E-state index contributed by atoms with van der Waals surface area (Å²) in [5.41, 5.74) is -0.541. The minimum absolute atomic E-state index is 0.258. The van der Waals surface area contributed by atoms with Crippen LogP contribution in [0.4, 0.5) is 5.69 Å². The molecule has 1 aliphatic carbocycles. The molecular weight excluding hydrogens is 452 g/mol. The third-order valence-corrected chi connectivity index (χ3v) is 8.92. The van der Waals surface area contributed by atoms with Crippen molar-refractivity contribution in [3.05, 3.63) is 41.8 Å². The molecule has 1 aliphatic rings. The standard InChI is InChI=1S/C22H28N2O6S2/c1-16-10-12-22(13-11-16,21(26)29-3)23-19(25)15-30-18-8-6-17(7-9-18)24(2)32(27,28)20-5-4-14-31-20/h4-9,14,16H,10-13,15H2,1-3H3,(H,23,25). The zero-order chi connectivity index (χ0) is 23.4. The largest absolute Gasteiger partial charge is 0.484 e. The van der Waals surface area contributed by atoms with Crippen LogP contribution in [0.2, 0.25) is 0 Å². The van der Waals surface area contributed by atoms with Crippen LogP contribution in [0.15, 0.2) is 46.0 Å². The van der Waals surface area contributed by atoms with E-state index in [1.807, 2.05) is 0 Å². The van der Waals surface area contributed by atoms with Crippen LogP contribution in [-0.2, 0) is 24.3 Å². The van der Waals surface area contributed by atoms with Crippen molar-refractivity contribution in [1.82, 2.24) is 5.32 Å². The second kappa shape index (κ2) is 9.91. The lowest BCUT2D eigenvalue weighted by Gasteiger charge is -2.37. The van der Waals surface area contributed by atoms with Crippen molar-refractivity contribution in [3.63, 3.8) is 0 Å². The first-order valence-electron chi connectivity index (χ1n) is 10.3. The number of esters is 1. The molecule has 32 heavy (non-hydrogen) atoms. The maximum absolute atomic E-state index is 12.6. The predicted molar refractivity (Wildman–Crippen MR) is 122 cm³/mol. The Balaban J connectivity index is 1.60. The summed E-state index contributed by atoms with van der Waals surface area (Å²) in [6.45, 7) is 1.86. The number of carbonyl (C=O) groups is 2. The molecule has 1 N–H and O–H groups in total. The maximum Gasteiger partial charge on any atom is 0.331 e. The number of ether oxygens (including phenoxy) is 2. The van der Waals surface area contributed by atoms with Gasteiger partial charge in [-0.1, -0.05) is 13.0 Å². The van der Waals surface area contributed by atoms with Crippen LogP contribution < -0.4 is 14.4 Å². The third kappa shape index (κ3) is 5.24. The maximum atomic E-state index is 12.6. The summed E-state index contributed by atoms with van der Waals surface area (Å²) in [5, 5.41) is 4.52. The Hall–Kier alpha value is -2.59. The molecule has 0 radical (unpaired) electrons. The molecule has 1 aromatic heterocycles. The Kier molecular flexibility index (Phi) is 7.45. The molecule has 10 heteroatoms. The van der Waals surface area contributed by atoms with Crippen LogP contribution in [0.3, 0.4) is 0 Å². The minimum Gasteiger partial charge on any atom is -0.484 e. The van der Waals surface area contributed by atoms with E-state index in [1.165, 1.54) is 18.5 Å². The lowest BCUT2D eigenvalue weighted by molar-refractivity contribution is -0.153. The first-order chi connectivity index (χ1) is 15.2. The number of nitrogens with zero attached hydrogens (tertiary/aromatic N) is 1. The number of hydrogen-bond donors (Lipinski definition) is 1. The molecule has 1 aromatic carbocycles. The number of sulfonamides is 1. The van der Waals surface area contributed by atoms with E-state index < -0.39 is 27.4 Å². The summed E-state index contributed by atoms with van der Waals surface area (Å²) in [6, 6.07) is 9.66. The van der Waals surface area contributed by atoms with Crippen molar-refractivity contribution in [2.75, 3.05) is 25.1 Å². The molecule has 1 saturated carbocycles. The highest BCUT2D eigenvalue weighted by molar-refractivity contribution is 7.94. The summed E-state index contributed by atoms with van der Waals surface area (Å²) < 4.78 is 37.2. The lowest BCUT2D eigenvalue weighted by Crippen LogP contribution is -2.57. The van der Waals surface area contributed by atoms with Gasteiger partial charge in [0, 0.05) is 7.05 Å². The second-order valence-electron chi connectivity index (χ2n) is 7.99. The van der Waals surface area contributed by atoms with Crippen molar-refractivity contribution < 1.29 is 27.5 Å². The van der Waals surface area contributed by atoms with Gasteiger partial charge in [0.2, 0.25) is 0 Å². The van der Waals surface area contributed by atoms with Crippen LogP contribution in [-0.4, -0.2) is 46.6 Å². The van der Waals surface area contributed by atoms with Gasteiger partial charge in [0.15, 0.2) is 6.61 Å². The van der Waals surface area contributed by atoms with Crippen molar-refractivity contribution in [2.24, 2.45) is 5.92 Å². The van der Waals surface area contributed by atoms with Gasteiger partial charge >= 0.3 is 5.97 Å². The van der Waals surface area contributed by atoms with E-state index >= 15 is 0 Å². The molecule has 174 valence electrons. The van der Waals surface area contributed by atoms with E-state index in [9.17, 15) is 18.0 Å². The topological polar surface area (TPSA) is 102 Å². The summed E-state index contributed by atoms with van der Waals surface area (Å²) >= 11 is 1.15. The summed E-state index contributed by atoms with van der Waals surface area (Å²) in [4.78, 5) is 24.8. The van der Waals surface area contributed by atoms with Crippen LogP contribution in [0, 0.1) is 5.92 Å². The highest BCUT2D eigenvalue weighted by Crippen LogP contribution is 2.33. The minimum atomic E-state index is -3.62. The molecule has 0 saturated heterocycles. The smallest absolute Gasteiger partial charge is 0.331 e. The van der Waals surface area contributed by atoms with Gasteiger partial charge in [-0.05, 0) is 67.3 Å². The van der Waals surface area contributed by atoms with Crippen molar-refractivity contribution in [2.45, 2.75) is 42.4 Å². The molecule has 0 aliphatic heterocycles. The summed E-state index contributed by atoms with van der Waals surface area (Å²) in [5.74, 6) is 0.0694. The van der Waals surface area contributed by atoms with Crippen molar-refractivity contribution in [1.29, 1.82) is 0 Å². The van der Waals surface area contributed by atoms with E-state index in [0.717, 1.165) is 24.2 Å². The number of benzene rings is 1. The van der Waals surface area contributed by atoms with E-state index in [4.69, 9.17) is 9.47 Å². The van der Waals surface area contributed by atoms with Crippen molar-refractivity contribution in [3.8, 4) is 5.75 Å². The molecule has 2 aromatic rings. The van der Waals surface area contributed by atoms with Gasteiger partial charge in [-0.25, -0.2) is 13.2 Å². The first-order valence-corrected chi connectivity index (χ1v) is 12.6. The summed E-state index contributed by atoms with van der Waals surface area (Å²) in [7, 11) is -0.819. The fourth-order valence-corrected chi connectivity index (χ4v) is 6.08. The lowest BCUT2D eigenvalue weighted by atomic mass is 9.77. The quantitative estimate of drug-likeness (QED) is 0.582. The molecular formula is C22H28N2O6S2. The normalized spacial score (nSPS) is 20.9.